The van der Waals surface area contributed by atoms with Crippen molar-refractivity contribution < 1.29 is 22.3 Å². The van der Waals surface area contributed by atoms with Crippen LogP contribution < -0.4 is 5.32 Å². The van der Waals surface area contributed by atoms with Crippen LogP contribution in [-0.2, 0) is 19.6 Å². The fourth-order valence-corrected chi connectivity index (χ4v) is 6.15. The van der Waals surface area contributed by atoms with Crippen molar-refractivity contribution in [2.45, 2.75) is 29.8 Å². The van der Waals surface area contributed by atoms with Crippen LogP contribution in [0.3, 0.4) is 0 Å². The second kappa shape index (κ2) is 9.44. The Labute approximate surface area is 198 Å². The Kier molecular flexibility index (Phi) is 6.37. The number of amidine groups is 1. The molecular formula is C24H27FN4O4S. The Morgan fingerprint density at radius 1 is 1.12 bits per heavy atom. The third-order valence-electron chi connectivity index (χ3n) is 6.65. The van der Waals surface area contributed by atoms with Gasteiger partial charge in [0.2, 0.25) is 5.91 Å². The Bertz CT molecular complexity index is 1200. The number of nitrogens with one attached hydrogen (secondary N) is 1. The van der Waals surface area contributed by atoms with Crippen molar-refractivity contribution in [1.29, 1.82) is 0 Å². The van der Waals surface area contributed by atoms with Crippen molar-refractivity contribution in [2.24, 2.45) is 4.40 Å². The van der Waals surface area contributed by atoms with Gasteiger partial charge in [0.1, 0.15) is 16.8 Å². The molecule has 0 spiro atoms. The molecule has 5 rings (SSSR count). The van der Waals surface area contributed by atoms with Gasteiger partial charge in [-0.3, -0.25) is 9.69 Å². The Hall–Kier alpha value is -2.82. The molecule has 1 amide bonds. The van der Waals surface area contributed by atoms with E-state index in [0.717, 1.165) is 25.1 Å². The average Bonchev–Trinajstić information content (AvgIpc) is 3.44. The quantitative estimate of drug-likeness (QED) is 0.695. The van der Waals surface area contributed by atoms with Crippen LogP contribution in [0.15, 0.2) is 57.8 Å². The number of morpholine rings is 1. The van der Waals surface area contributed by atoms with Gasteiger partial charge in [-0.2, -0.15) is 8.42 Å². The molecule has 3 heterocycles. The highest BCUT2D eigenvalue weighted by atomic mass is 32.2. The summed E-state index contributed by atoms with van der Waals surface area (Å²) in [5, 5.41) is 3.07. The molecule has 2 saturated heterocycles. The van der Waals surface area contributed by atoms with Crippen molar-refractivity contribution in [3.05, 3.63) is 65.5 Å². The molecule has 3 aliphatic rings. The summed E-state index contributed by atoms with van der Waals surface area (Å²) in [6, 6.07) is 12.5. The van der Waals surface area contributed by atoms with Crippen molar-refractivity contribution >= 4 is 21.8 Å². The van der Waals surface area contributed by atoms with E-state index < -0.39 is 16.1 Å². The van der Waals surface area contributed by atoms with E-state index in [-0.39, 0.29) is 22.7 Å². The largest absolute Gasteiger partial charge is 0.379 e. The summed E-state index contributed by atoms with van der Waals surface area (Å²) in [5.41, 5.74) is 1.46. The van der Waals surface area contributed by atoms with E-state index in [1.54, 1.807) is 41.3 Å². The van der Waals surface area contributed by atoms with Crippen LogP contribution in [-0.4, -0.2) is 75.4 Å². The normalized spacial score (nSPS) is 22.8. The number of sulfonamides is 1. The van der Waals surface area contributed by atoms with E-state index in [9.17, 15) is 17.6 Å². The molecule has 1 N–H and O–H groups in total. The van der Waals surface area contributed by atoms with Crippen LogP contribution in [0.4, 0.5) is 4.39 Å². The predicted molar refractivity (Wildman–Crippen MR) is 124 cm³/mol. The number of fused-ring (bicyclic) bond motifs is 1. The maximum Gasteiger partial charge on any atom is 0.285 e. The molecule has 2 aromatic carbocycles. The molecule has 0 aliphatic carbocycles. The Morgan fingerprint density at radius 2 is 1.85 bits per heavy atom. The number of halogens is 1. The van der Waals surface area contributed by atoms with Gasteiger partial charge in [-0.1, -0.05) is 24.3 Å². The fraction of sp³-hybridized carbons (Fsp3) is 0.417. The van der Waals surface area contributed by atoms with Crippen LogP contribution in [0, 0.1) is 5.82 Å². The summed E-state index contributed by atoms with van der Waals surface area (Å²) in [5.74, 6) is -0.124. The fourth-order valence-electron chi connectivity index (χ4n) is 4.94. The van der Waals surface area contributed by atoms with Gasteiger partial charge >= 0.3 is 0 Å². The summed E-state index contributed by atoms with van der Waals surface area (Å²) in [6.07, 6.45) is 1.38. The van der Waals surface area contributed by atoms with Crippen LogP contribution in [0.25, 0.3) is 0 Å². The van der Waals surface area contributed by atoms with Gasteiger partial charge in [0.15, 0.2) is 5.84 Å². The summed E-state index contributed by atoms with van der Waals surface area (Å²) in [7, 11) is -3.76. The first kappa shape index (κ1) is 22.9. The number of benzene rings is 2. The van der Waals surface area contributed by atoms with Crippen molar-refractivity contribution in [3.8, 4) is 0 Å². The second-order valence-corrected chi connectivity index (χ2v) is 10.3. The molecule has 3 aliphatic heterocycles. The van der Waals surface area contributed by atoms with Crippen LogP contribution >= 0.6 is 0 Å². The van der Waals surface area contributed by atoms with Gasteiger partial charge < -0.3 is 15.0 Å². The van der Waals surface area contributed by atoms with Gasteiger partial charge in [-0.15, -0.1) is 4.40 Å². The topological polar surface area (TPSA) is 91.3 Å². The maximum absolute atomic E-state index is 13.5. The first-order valence-corrected chi connectivity index (χ1v) is 12.9. The number of likely N-dealkylation sites (tertiary alicyclic amines) is 1. The summed E-state index contributed by atoms with van der Waals surface area (Å²) < 4.78 is 48.0. The Morgan fingerprint density at radius 3 is 2.62 bits per heavy atom. The molecular weight excluding hydrogens is 459 g/mol. The molecule has 0 bridgehead atoms. The third-order valence-corrected chi connectivity index (χ3v) is 7.98. The van der Waals surface area contributed by atoms with E-state index in [2.05, 4.69) is 14.6 Å². The van der Waals surface area contributed by atoms with Gasteiger partial charge in [0.25, 0.3) is 10.0 Å². The van der Waals surface area contributed by atoms with Gasteiger partial charge in [0, 0.05) is 31.7 Å². The van der Waals surface area contributed by atoms with E-state index in [4.69, 9.17) is 4.74 Å². The minimum Gasteiger partial charge on any atom is -0.379 e. The molecule has 1 unspecified atom stereocenters. The standard InChI is InChI=1S/C24H27FN4O4S/c25-18-9-7-17(8-10-18)21(28-12-14-33-15-13-28)16-26-24(30)20-5-3-11-29(20)23-19-4-1-2-6-22(19)34(31,32)27-23/h1-2,4,6-10,20-21H,3,5,11-16H2,(H,26,30)/t20-,21?/m0/s1. The first-order valence-electron chi connectivity index (χ1n) is 11.5. The molecule has 2 aromatic rings. The van der Waals surface area contributed by atoms with Crippen molar-refractivity contribution in [1.82, 2.24) is 15.1 Å². The van der Waals surface area contributed by atoms with Crippen LogP contribution in [0.1, 0.15) is 30.0 Å². The summed E-state index contributed by atoms with van der Waals surface area (Å²) in [4.78, 5) is 17.5. The van der Waals surface area contributed by atoms with Crippen molar-refractivity contribution in [3.63, 3.8) is 0 Å². The minimum atomic E-state index is -3.76. The SMILES string of the molecule is O=C(NCC(c1ccc(F)cc1)N1CCOCC1)[C@@H]1CCCN1C1=NS(=O)(=O)c2ccccc21. The number of hydrogen-bond acceptors (Lipinski definition) is 6. The van der Waals surface area contributed by atoms with E-state index in [0.29, 0.717) is 44.1 Å². The predicted octanol–water partition coefficient (Wildman–Crippen LogP) is 1.93. The third kappa shape index (κ3) is 4.45. The lowest BCUT2D eigenvalue weighted by molar-refractivity contribution is -0.124. The summed E-state index contributed by atoms with van der Waals surface area (Å²) in [6.45, 7) is 3.57. The highest BCUT2D eigenvalue weighted by molar-refractivity contribution is 7.90. The average molecular weight is 487 g/mol. The number of carbonyl (C=O) groups is 1. The number of ether oxygens (including phenoxy) is 1. The lowest BCUT2D eigenvalue weighted by atomic mass is 10.0. The van der Waals surface area contributed by atoms with E-state index in [1.165, 1.54) is 12.1 Å². The number of rotatable bonds is 5. The monoisotopic (exact) mass is 486 g/mol. The number of amides is 1. The van der Waals surface area contributed by atoms with Crippen LogP contribution in [0.2, 0.25) is 0 Å². The van der Waals surface area contributed by atoms with E-state index >= 15 is 0 Å². The molecule has 34 heavy (non-hydrogen) atoms. The number of nitrogens with zero attached hydrogens (tertiary/aromatic N) is 3. The molecule has 180 valence electrons. The zero-order valence-corrected chi connectivity index (χ0v) is 19.5. The number of hydrogen-bond donors (Lipinski definition) is 1. The number of carbonyl (C=O) groups excluding carboxylic acids is 1. The van der Waals surface area contributed by atoms with Gasteiger partial charge in [0.05, 0.1) is 19.3 Å². The lowest BCUT2D eigenvalue weighted by Gasteiger charge is -2.35. The zero-order valence-electron chi connectivity index (χ0n) is 18.7. The highest BCUT2D eigenvalue weighted by Crippen LogP contribution is 2.31. The molecule has 2 atom stereocenters. The molecule has 8 nitrogen and oxygen atoms in total. The molecule has 0 saturated carbocycles. The Balaban J connectivity index is 1.33. The highest BCUT2D eigenvalue weighted by Gasteiger charge is 2.39. The molecule has 10 heteroatoms. The lowest BCUT2D eigenvalue weighted by Crippen LogP contribution is -2.49. The maximum atomic E-state index is 13.5. The smallest absolute Gasteiger partial charge is 0.285 e. The van der Waals surface area contributed by atoms with Gasteiger partial charge in [-0.25, -0.2) is 4.39 Å². The zero-order chi connectivity index (χ0) is 23.7. The summed E-state index contributed by atoms with van der Waals surface area (Å²) >= 11 is 0. The second-order valence-electron chi connectivity index (χ2n) is 8.70. The molecule has 0 radical (unpaired) electrons. The van der Waals surface area contributed by atoms with Gasteiger partial charge in [-0.05, 0) is 42.7 Å². The molecule has 0 aromatic heterocycles. The van der Waals surface area contributed by atoms with Crippen molar-refractivity contribution in [2.75, 3.05) is 39.4 Å². The minimum absolute atomic E-state index is 0.117. The van der Waals surface area contributed by atoms with Crippen LogP contribution in [0.5, 0.6) is 0 Å². The van der Waals surface area contributed by atoms with E-state index in [1.807, 2.05) is 0 Å². The molecule has 2 fully saturated rings. The first-order chi connectivity index (χ1) is 16.4.